The largest absolute Gasteiger partial charge is 0.435 e. The molecule has 0 bridgehead atoms. The minimum Gasteiger partial charge on any atom is -0.435 e. The van der Waals surface area contributed by atoms with Crippen molar-refractivity contribution in [2.24, 2.45) is 5.92 Å². The predicted molar refractivity (Wildman–Crippen MR) is 64.8 cm³/mol. The molecule has 1 saturated carbocycles. The number of carbonyl (C=O) groups excluding carboxylic acids is 1. The number of ether oxygens (including phenoxy) is 2. The van der Waals surface area contributed by atoms with Crippen LogP contribution in [-0.4, -0.2) is 19.4 Å². The highest BCUT2D eigenvalue weighted by Crippen LogP contribution is 2.28. The van der Waals surface area contributed by atoms with Gasteiger partial charge >= 0.3 is 5.97 Å². The molecule has 1 aromatic rings. The topological polar surface area (TPSA) is 61.6 Å². The first kappa shape index (κ1) is 12.2. The van der Waals surface area contributed by atoms with Gasteiger partial charge in [-0.3, -0.25) is 0 Å². The highest BCUT2D eigenvalue weighted by Gasteiger charge is 2.21. The molecule has 2 N–H and O–H groups in total. The highest BCUT2D eigenvalue weighted by molar-refractivity contribution is 6.36. The van der Waals surface area contributed by atoms with Crippen LogP contribution < -0.4 is 5.73 Å². The summed E-state index contributed by atoms with van der Waals surface area (Å²) in [6, 6.07) is 4.85. The fourth-order valence-corrected chi connectivity index (χ4v) is 1.58. The number of halogens is 1. The Kier molecular flexibility index (Phi) is 3.86. The molecule has 0 spiro atoms. The minimum absolute atomic E-state index is 0.0412. The van der Waals surface area contributed by atoms with Crippen molar-refractivity contribution in [1.29, 1.82) is 0 Å². The number of hydrogen-bond donors (Lipinski definition) is 1. The van der Waals surface area contributed by atoms with Crippen molar-refractivity contribution in [3.8, 4) is 0 Å². The van der Waals surface area contributed by atoms with Crippen LogP contribution in [0, 0.1) is 5.92 Å². The van der Waals surface area contributed by atoms with E-state index in [9.17, 15) is 4.79 Å². The molecular formula is C12H14ClNO3. The smallest absolute Gasteiger partial charge is 0.341 e. The number of carbonyl (C=O) groups is 1. The van der Waals surface area contributed by atoms with Crippen LogP contribution in [0.4, 0.5) is 5.69 Å². The molecule has 1 aliphatic carbocycles. The van der Waals surface area contributed by atoms with E-state index in [1.165, 1.54) is 12.8 Å². The molecule has 1 aromatic carbocycles. The molecule has 0 aromatic heterocycles. The summed E-state index contributed by atoms with van der Waals surface area (Å²) in [6.07, 6.45) is 2.41. The molecule has 92 valence electrons. The second kappa shape index (κ2) is 5.38. The third kappa shape index (κ3) is 3.35. The fourth-order valence-electron chi connectivity index (χ4n) is 1.38. The number of nitrogen functional groups attached to an aromatic ring is 1. The summed E-state index contributed by atoms with van der Waals surface area (Å²) in [5, 5.41) is 0.222. The van der Waals surface area contributed by atoms with Crippen molar-refractivity contribution >= 4 is 23.3 Å². The van der Waals surface area contributed by atoms with Crippen LogP contribution in [0.5, 0.6) is 0 Å². The Hall–Kier alpha value is -1.26. The Morgan fingerprint density at radius 1 is 1.47 bits per heavy atom. The average molecular weight is 256 g/mol. The zero-order valence-corrected chi connectivity index (χ0v) is 10.1. The Morgan fingerprint density at radius 3 is 2.94 bits per heavy atom. The Balaban J connectivity index is 1.83. The molecule has 4 nitrogen and oxygen atoms in total. The lowest BCUT2D eigenvalue weighted by atomic mass is 10.2. The van der Waals surface area contributed by atoms with E-state index in [0.717, 1.165) is 0 Å². The van der Waals surface area contributed by atoms with Crippen molar-refractivity contribution in [2.75, 3.05) is 19.1 Å². The van der Waals surface area contributed by atoms with Gasteiger partial charge < -0.3 is 15.2 Å². The molecule has 0 aliphatic heterocycles. The summed E-state index contributed by atoms with van der Waals surface area (Å²) in [4.78, 5) is 11.6. The Morgan fingerprint density at radius 2 is 2.24 bits per heavy atom. The standard InChI is InChI=1S/C12H14ClNO3/c13-11-9(2-1-3-10(11)14)12(15)17-7-16-6-8-4-5-8/h1-3,8H,4-7,14H2. The van der Waals surface area contributed by atoms with E-state index in [2.05, 4.69) is 0 Å². The quantitative estimate of drug-likeness (QED) is 0.380. The summed E-state index contributed by atoms with van der Waals surface area (Å²) >= 11 is 5.89. The van der Waals surface area contributed by atoms with Gasteiger partial charge in [0.15, 0.2) is 6.79 Å². The Bertz CT molecular complexity index is 418. The van der Waals surface area contributed by atoms with E-state index in [4.69, 9.17) is 26.8 Å². The van der Waals surface area contributed by atoms with Crippen molar-refractivity contribution in [2.45, 2.75) is 12.8 Å². The van der Waals surface area contributed by atoms with Crippen LogP contribution in [0.2, 0.25) is 5.02 Å². The average Bonchev–Trinajstić information content (AvgIpc) is 3.12. The van der Waals surface area contributed by atoms with Crippen LogP contribution >= 0.6 is 11.6 Å². The number of hydrogen-bond acceptors (Lipinski definition) is 4. The molecule has 0 heterocycles. The summed E-state index contributed by atoms with van der Waals surface area (Å²) in [5.74, 6) is 0.128. The number of benzene rings is 1. The number of esters is 1. The van der Waals surface area contributed by atoms with Gasteiger partial charge in [-0.05, 0) is 30.9 Å². The number of nitrogens with two attached hydrogens (primary N) is 1. The molecule has 17 heavy (non-hydrogen) atoms. The van der Waals surface area contributed by atoms with Crippen molar-refractivity contribution in [1.82, 2.24) is 0 Å². The first-order valence-corrected chi connectivity index (χ1v) is 5.85. The highest BCUT2D eigenvalue weighted by atomic mass is 35.5. The molecule has 0 unspecified atom stereocenters. The summed E-state index contributed by atoms with van der Waals surface area (Å²) in [6.45, 7) is 0.610. The second-order valence-corrected chi connectivity index (χ2v) is 4.45. The molecule has 5 heteroatoms. The van der Waals surface area contributed by atoms with Crippen LogP contribution in [0.15, 0.2) is 18.2 Å². The lowest BCUT2D eigenvalue weighted by Gasteiger charge is -2.07. The molecule has 0 atom stereocenters. The molecule has 2 rings (SSSR count). The van der Waals surface area contributed by atoms with Gasteiger partial charge in [0.25, 0.3) is 0 Å². The van der Waals surface area contributed by atoms with Gasteiger partial charge in [0.2, 0.25) is 0 Å². The van der Waals surface area contributed by atoms with E-state index in [-0.39, 0.29) is 17.4 Å². The third-order valence-electron chi connectivity index (χ3n) is 2.57. The number of rotatable bonds is 5. The predicted octanol–water partition coefficient (Wildman–Crippen LogP) is 2.46. The van der Waals surface area contributed by atoms with Gasteiger partial charge in [0.05, 0.1) is 22.9 Å². The first-order chi connectivity index (χ1) is 8.18. The van der Waals surface area contributed by atoms with Crippen LogP contribution in [-0.2, 0) is 9.47 Å². The van der Waals surface area contributed by atoms with Gasteiger partial charge in [-0.25, -0.2) is 4.79 Å². The molecule has 1 fully saturated rings. The first-order valence-electron chi connectivity index (χ1n) is 5.47. The maximum Gasteiger partial charge on any atom is 0.341 e. The van der Waals surface area contributed by atoms with E-state index in [1.807, 2.05) is 0 Å². The molecule has 0 saturated heterocycles. The summed E-state index contributed by atoms with van der Waals surface area (Å²) in [7, 11) is 0. The fraction of sp³-hybridized carbons (Fsp3) is 0.417. The zero-order valence-electron chi connectivity index (χ0n) is 9.32. The lowest BCUT2D eigenvalue weighted by Crippen LogP contribution is -2.11. The molecule has 1 aliphatic rings. The van der Waals surface area contributed by atoms with Crippen LogP contribution in [0.1, 0.15) is 23.2 Å². The van der Waals surface area contributed by atoms with E-state index >= 15 is 0 Å². The van der Waals surface area contributed by atoms with E-state index in [1.54, 1.807) is 18.2 Å². The number of anilines is 1. The second-order valence-electron chi connectivity index (χ2n) is 4.07. The van der Waals surface area contributed by atoms with E-state index < -0.39 is 5.97 Å². The molecule has 0 amide bonds. The van der Waals surface area contributed by atoms with Crippen LogP contribution in [0.3, 0.4) is 0 Å². The lowest BCUT2D eigenvalue weighted by molar-refractivity contribution is -0.0344. The van der Waals surface area contributed by atoms with Crippen molar-refractivity contribution in [3.05, 3.63) is 28.8 Å². The maximum atomic E-state index is 11.6. The SMILES string of the molecule is Nc1cccc(C(=O)OCOCC2CC2)c1Cl. The monoisotopic (exact) mass is 255 g/mol. The normalized spacial score (nSPS) is 14.6. The summed E-state index contributed by atoms with van der Waals surface area (Å²) < 4.78 is 10.1. The maximum absolute atomic E-state index is 11.6. The molecular weight excluding hydrogens is 242 g/mol. The van der Waals surface area contributed by atoms with Gasteiger partial charge in [-0.15, -0.1) is 0 Å². The Labute approximate surface area is 105 Å². The third-order valence-corrected chi connectivity index (χ3v) is 2.99. The van der Waals surface area contributed by atoms with E-state index in [0.29, 0.717) is 18.2 Å². The van der Waals surface area contributed by atoms with Crippen LogP contribution in [0.25, 0.3) is 0 Å². The van der Waals surface area contributed by atoms with Gasteiger partial charge in [0, 0.05) is 0 Å². The van der Waals surface area contributed by atoms with Crippen molar-refractivity contribution < 1.29 is 14.3 Å². The van der Waals surface area contributed by atoms with Gasteiger partial charge in [-0.2, -0.15) is 0 Å². The van der Waals surface area contributed by atoms with Gasteiger partial charge in [0.1, 0.15) is 0 Å². The minimum atomic E-state index is -0.516. The molecule has 0 radical (unpaired) electrons. The zero-order chi connectivity index (χ0) is 12.3. The van der Waals surface area contributed by atoms with Gasteiger partial charge in [-0.1, -0.05) is 17.7 Å². The van der Waals surface area contributed by atoms with Crippen molar-refractivity contribution in [3.63, 3.8) is 0 Å². The summed E-state index contributed by atoms with van der Waals surface area (Å²) in [5.41, 5.74) is 6.22.